The van der Waals surface area contributed by atoms with Gasteiger partial charge in [0.1, 0.15) is 0 Å². The molecule has 1 saturated heterocycles. The smallest absolute Gasteiger partial charge is 0.247 e. The number of carbonyl (C=O) groups excluding carboxylic acids is 1. The largest absolute Gasteiger partial charge is 0.304 e. The maximum atomic E-state index is 12.7. The molecule has 18 heavy (non-hydrogen) atoms. The highest BCUT2D eigenvalue weighted by Crippen LogP contribution is 2.32. The molecule has 1 heterocycles. The Labute approximate surface area is 109 Å². The van der Waals surface area contributed by atoms with Crippen molar-refractivity contribution in [2.45, 2.75) is 45.7 Å². The summed E-state index contributed by atoms with van der Waals surface area (Å²) in [6.45, 7) is 10.9. The topological polar surface area (TPSA) is 32.3 Å². The predicted octanol–water partition coefficient (Wildman–Crippen LogP) is 2.49. The first-order valence-corrected chi connectivity index (χ1v) is 6.41. The molecule has 3 nitrogen and oxygen atoms in total. The van der Waals surface area contributed by atoms with Crippen molar-refractivity contribution in [3.8, 4) is 0 Å². The molecule has 1 aromatic rings. The minimum atomic E-state index is -0.502. The highest BCUT2D eigenvalue weighted by atomic mass is 16.2. The number of para-hydroxylation sites is 1. The van der Waals surface area contributed by atoms with E-state index < -0.39 is 5.54 Å². The van der Waals surface area contributed by atoms with Crippen molar-refractivity contribution in [2.75, 3.05) is 11.4 Å². The molecule has 0 bridgehead atoms. The fourth-order valence-corrected chi connectivity index (χ4v) is 2.40. The van der Waals surface area contributed by atoms with Gasteiger partial charge < -0.3 is 10.2 Å². The minimum Gasteiger partial charge on any atom is -0.304 e. The van der Waals surface area contributed by atoms with E-state index >= 15 is 0 Å². The number of amides is 1. The Hall–Kier alpha value is -1.35. The predicted molar refractivity (Wildman–Crippen MR) is 74.8 cm³/mol. The molecule has 1 fully saturated rings. The zero-order valence-corrected chi connectivity index (χ0v) is 11.9. The van der Waals surface area contributed by atoms with Crippen molar-refractivity contribution < 1.29 is 4.79 Å². The highest BCUT2D eigenvalue weighted by molar-refractivity contribution is 6.02. The number of hydrogen-bond donors (Lipinski definition) is 1. The molecule has 0 spiro atoms. The van der Waals surface area contributed by atoms with E-state index in [1.54, 1.807) is 0 Å². The molecule has 0 aliphatic carbocycles. The van der Waals surface area contributed by atoms with E-state index in [-0.39, 0.29) is 11.4 Å². The first-order chi connectivity index (χ1) is 8.26. The van der Waals surface area contributed by atoms with Gasteiger partial charge in [-0.1, -0.05) is 18.2 Å². The number of benzene rings is 1. The second kappa shape index (κ2) is 4.09. The zero-order valence-electron chi connectivity index (χ0n) is 11.9. The molecule has 1 N–H and O–H groups in total. The lowest BCUT2D eigenvalue weighted by Gasteiger charge is -2.49. The third-order valence-corrected chi connectivity index (χ3v) is 3.66. The molecule has 1 aliphatic heterocycles. The Balaban J connectivity index is 2.51. The van der Waals surface area contributed by atoms with Crippen molar-refractivity contribution in [1.29, 1.82) is 0 Å². The molecule has 2 rings (SSSR count). The molecular formula is C15H22N2O. The first-order valence-electron chi connectivity index (χ1n) is 6.41. The molecule has 1 aromatic carbocycles. The summed E-state index contributed by atoms with van der Waals surface area (Å²) in [5.74, 6) is 0.132. The Morgan fingerprint density at radius 2 is 1.78 bits per heavy atom. The summed E-state index contributed by atoms with van der Waals surface area (Å²) in [6, 6.07) is 8.06. The van der Waals surface area contributed by atoms with Crippen LogP contribution in [0.15, 0.2) is 24.3 Å². The minimum absolute atomic E-state index is 0.132. The summed E-state index contributed by atoms with van der Waals surface area (Å²) < 4.78 is 0. The average Bonchev–Trinajstić information content (AvgIpc) is 2.28. The van der Waals surface area contributed by atoms with E-state index in [9.17, 15) is 4.79 Å². The van der Waals surface area contributed by atoms with Gasteiger partial charge in [-0.05, 0) is 46.2 Å². The number of nitrogens with zero attached hydrogens (tertiary/aromatic N) is 1. The van der Waals surface area contributed by atoms with E-state index in [2.05, 4.69) is 19.2 Å². The van der Waals surface area contributed by atoms with Gasteiger partial charge in [-0.15, -0.1) is 0 Å². The number of nitrogens with one attached hydrogen (secondary N) is 1. The van der Waals surface area contributed by atoms with Gasteiger partial charge in [0.15, 0.2) is 0 Å². The fourth-order valence-electron chi connectivity index (χ4n) is 2.40. The molecule has 0 saturated carbocycles. The van der Waals surface area contributed by atoms with Crippen LogP contribution in [0.5, 0.6) is 0 Å². The van der Waals surface area contributed by atoms with Crippen LogP contribution in [-0.4, -0.2) is 23.5 Å². The zero-order chi connectivity index (χ0) is 13.6. The summed E-state index contributed by atoms with van der Waals surface area (Å²) in [5.41, 5.74) is 1.44. The lowest BCUT2D eigenvalue weighted by molar-refractivity contribution is -0.126. The van der Waals surface area contributed by atoms with Crippen LogP contribution in [0, 0.1) is 6.92 Å². The quantitative estimate of drug-likeness (QED) is 0.825. The Kier molecular flexibility index (Phi) is 2.98. The fraction of sp³-hybridized carbons (Fsp3) is 0.533. The lowest BCUT2D eigenvalue weighted by Crippen LogP contribution is -2.70. The van der Waals surface area contributed by atoms with Crippen LogP contribution in [0.25, 0.3) is 0 Å². The van der Waals surface area contributed by atoms with Gasteiger partial charge in [-0.3, -0.25) is 4.79 Å². The summed E-state index contributed by atoms with van der Waals surface area (Å²) in [5, 5.41) is 3.33. The Morgan fingerprint density at radius 3 is 2.39 bits per heavy atom. The van der Waals surface area contributed by atoms with Gasteiger partial charge in [0.05, 0.1) is 11.1 Å². The van der Waals surface area contributed by atoms with Gasteiger partial charge >= 0.3 is 0 Å². The number of rotatable bonds is 1. The first kappa shape index (κ1) is 13.1. The van der Waals surface area contributed by atoms with E-state index in [0.29, 0.717) is 0 Å². The maximum Gasteiger partial charge on any atom is 0.247 e. The summed E-state index contributed by atoms with van der Waals surface area (Å²) in [6.07, 6.45) is 0. The van der Waals surface area contributed by atoms with Crippen molar-refractivity contribution >= 4 is 11.6 Å². The van der Waals surface area contributed by atoms with Crippen LogP contribution in [0.2, 0.25) is 0 Å². The standard InChI is InChI=1S/C15H22N2O/c1-11-8-6-7-9-12(11)17-13(18)15(4,5)16-10-14(17,2)3/h6-9,16H,10H2,1-5H3. The van der Waals surface area contributed by atoms with Crippen molar-refractivity contribution in [2.24, 2.45) is 0 Å². The lowest BCUT2D eigenvalue weighted by atomic mass is 9.89. The van der Waals surface area contributed by atoms with E-state index in [1.165, 1.54) is 0 Å². The average molecular weight is 246 g/mol. The van der Waals surface area contributed by atoms with Crippen LogP contribution in [0.1, 0.15) is 33.3 Å². The summed E-state index contributed by atoms with van der Waals surface area (Å²) in [4.78, 5) is 14.6. The highest BCUT2D eigenvalue weighted by Gasteiger charge is 2.45. The van der Waals surface area contributed by atoms with Gasteiger partial charge in [-0.2, -0.15) is 0 Å². The number of carbonyl (C=O) groups is 1. The number of aryl methyl sites for hydroxylation is 1. The molecule has 0 radical (unpaired) electrons. The van der Waals surface area contributed by atoms with E-state index in [0.717, 1.165) is 17.8 Å². The molecule has 1 aliphatic rings. The van der Waals surface area contributed by atoms with Gasteiger partial charge in [0, 0.05) is 12.2 Å². The van der Waals surface area contributed by atoms with Gasteiger partial charge in [0.2, 0.25) is 5.91 Å². The normalized spacial score (nSPS) is 22.1. The number of piperazine rings is 1. The van der Waals surface area contributed by atoms with Crippen LogP contribution < -0.4 is 10.2 Å². The number of anilines is 1. The molecule has 3 heteroatoms. The monoisotopic (exact) mass is 246 g/mol. The summed E-state index contributed by atoms with van der Waals surface area (Å²) >= 11 is 0. The van der Waals surface area contributed by atoms with Crippen LogP contribution in [-0.2, 0) is 4.79 Å². The third kappa shape index (κ3) is 2.03. The van der Waals surface area contributed by atoms with E-state index in [1.807, 2.05) is 49.9 Å². The second-order valence-corrected chi connectivity index (χ2v) is 6.22. The van der Waals surface area contributed by atoms with Gasteiger partial charge in [-0.25, -0.2) is 0 Å². The maximum absolute atomic E-state index is 12.7. The molecular weight excluding hydrogens is 224 g/mol. The van der Waals surface area contributed by atoms with Gasteiger partial charge in [0.25, 0.3) is 0 Å². The van der Waals surface area contributed by atoms with Crippen molar-refractivity contribution in [1.82, 2.24) is 5.32 Å². The SMILES string of the molecule is Cc1ccccc1N1C(=O)C(C)(C)NCC1(C)C. The Bertz CT molecular complexity index is 477. The molecule has 1 amide bonds. The second-order valence-electron chi connectivity index (χ2n) is 6.22. The molecule has 0 unspecified atom stereocenters. The van der Waals surface area contributed by atoms with Crippen LogP contribution in [0.3, 0.4) is 0 Å². The number of hydrogen-bond acceptors (Lipinski definition) is 2. The third-order valence-electron chi connectivity index (χ3n) is 3.66. The van der Waals surface area contributed by atoms with Crippen LogP contribution >= 0.6 is 0 Å². The Morgan fingerprint density at radius 1 is 1.17 bits per heavy atom. The van der Waals surface area contributed by atoms with Crippen molar-refractivity contribution in [3.05, 3.63) is 29.8 Å². The molecule has 98 valence electrons. The van der Waals surface area contributed by atoms with Crippen LogP contribution in [0.4, 0.5) is 5.69 Å². The molecule has 0 aromatic heterocycles. The molecule has 0 atom stereocenters. The van der Waals surface area contributed by atoms with Crippen molar-refractivity contribution in [3.63, 3.8) is 0 Å². The summed E-state index contributed by atoms with van der Waals surface area (Å²) in [7, 11) is 0. The van der Waals surface area contributed by atoms with E-state index in [4.69, 9.17) is 0 Å².